The fourth-order valence-corrected chi connectivity index (χ4v) is 3.17. The maximum Gasteiger partial charge on any atom is 0.240 e. The van der Waals surface area contributed by atoms with Gasteiger partial charge in [0, 0.05) is 12.8 Å². The Morgan fingerprint density at radius 3 is 2.40 bits per heavy atom. The summed E-state index contributed by atoms with van der Waals surface area (Å²) in [5.74, 6) is 0.350. The van der Waals surface area contributed by atoms with Gasteiger partial charge in [-0.05, 0) is 26.0 Å². The zero-order chi connectivity index (χ0) is 14.9. The molecule has 112 valence electrons. The number of sulfonamides is 1. The molecule has 1 fully saturated rings. The predicted molar refractivity (Wildman–Crippen MR) is 75.9 cm³/mol. The maximum absolute atomic E-state index is 11.4. The Hall–Kier alpha value is -1.31. The number of nitrogen functional groups attached to an aromatic ring is 1. The van der Waals surface area contributed by atoms with Gasteiger partial charge in [0.15, 0.2) is 0 Å². The highest BCUT2D eigenvalue weighted by Gasteiger charge is 2.27. The maximum atomic E-state index is 11.4. The van der Waals surface area contributed by atoms with E-state index in [1.807, 2.05) is 13.8 Å². The van der Waals surface area contributed by atoms with Gasteiger partial charge in [-0.3, -0.25) is 0 Å². The van der Waals surface area contributed by atoms with Gasteiger partial charge in [0.1, 0.15) is 16.7 Å². The number of nitrogens with two attached hydrogens (primary N) is 2. The first-order chi connectivity index (χ1) is 9.27. The summed E-state index contributed by atoms with van der Waals surface area (Å²) in [6.45, 7) is 3.96. The van der Waals surface area contributed by atoms with E-state index in [0.717, 1.165) is 12.8 Å². The summed E-state index contributed by atoms with van der Waals surface area (Å²) in [7, 11) is -3.85. The van der Waals surface area contributed by atoms with Crippen molar-refractivity contribution in [3.05, 3.63) is 18.2 Å². The number of rotatable bonds is 3. The van der Waals surface area contributed by atoms with Crippen molar-refractivity contribution in [1.29, 1.82) is 0 Å². The van der Waals surface area contributed by atoms with E-state index in [2.05, 4.69) is 0 Å². The highest BCUT2D eigenvalue weighted by Crippen LogP contribution is 2.31. The van der Waals surface area contributed by atoms with Crippen LogP contribution in [0.4, 0.5) is 5.69 Å². The van der Waals surface area contributed by atoms with Crippen LogP contribution in [0.5, 0.6) is 5.75 Å². The van der Waals surface area contributed by atoms with Crippen LogP contribution in [0.25, 0.3) is 0 Å². The van der Waals surface area contributed by atoms with Crippen molar-refractivity contribution in [2.75, 3.05) is 5.73 Å². The summed E-state index contributed by atoms with van der Waals surface area (Å²) in [6, 6.07) is 4.58. The van der Waals surface area contributed by atoms with Gasteiger partial charge in [0.2, 0.25) is 10.0 Å². The van der Waals surface area contributed by atoms with Crippen molar-refractivity contribution in [3.8, 4) is 5.75 Å². The third-order valence-electron chi connectivity index (χ3n) is 3.28. The van der Waals surface area contributed by atoms with Gasteiger partial charge < -0.3 is 15.2 Å². The lowest BCUT2D eigenvalue weighted by molar-refractivity contribution is -0.0720. The molecule has 1 heterocycles. The molecule has 1 aliphatic rings. The van der Waals surface area contributed by atoms with Crippen LogP contribution in [0.3, 0.4) is 0 Å². The van der Waals surface area contributed by atoms with Crippen molar-refractivity contribution >= 4 is 15.7 Å². The zero-order valence-electron chi connectivity index (χ0n) is 11.6. The lowest BCUT2D eigenvalue weighted by atomic mass is 10.0. The molecule has 2 rings (SSSR count). The molecule has 20 heavy (non-hydrogen) atoms. The Morgan fingerprint density at radius 1 is 1.25 bits per heavy atom. The molecule has 0 spiro atoms. The molecule has 2 atom stereocenters. The molecule has 1 saturated heterocycles. The zero-order valence-corrected chi connectivity index (χ0v) is 12.4. The lowest BCUT2D eigenvalue weighted by Gasteiger charge is -2.32. The number of ether oxygens (including phenoxy) is 2. The number of benzene rings is 1. The van der Waals surface area contributed by atoms with Gasteiger partial charge in [-0.1, -0.05) is 6.07 Å². The molecule has 0 radical (unpaired) electrons. The van der Waals surface area contributed by atoms with Crippen molar-refractivity contribution in [1.82, 2.24) is 0 Å². The molecular formula is C13H20N2O4S. The molecule has 1 aromatic carbocycles. The highest BCUT2D eigenvalue weighted by molar-refractivity contribution is 7.89. The van der Waals surface area contributed by atoms with Gasteiger partial charge in [-0.2, -0.15) is 0 Å². The molecule has 6 nitrogen and oxygen atoms in total. The first-order valence-corrected chi connectivity index (χ1v) is 8.05. The second-order valence-corrected chi connectivity index (χ2v) is 6.71. The van der Waals surface area contributed by atoms with Gasteiger partial charge in [0.25, 0.3) is 0 Å². The molecule has 0 aromatic heterocycles. The van der Waals surface area contributed by atoms with Crippen LogP contribution >= 0.6 is 0 Å². The minimum absolute atomic E-state index is 0.0493. The summed E-state index contributed by atoms with van der Waals surface area (Å²) in [4.78, 5) is -0.108. The Bertz CT molecular complexity index is 578. The SMILES string of the molecule is CC1CC(Oc2cccc(S(N)(=O)=O)c2N)CC(C)O1. The van der Waals surface area contributed by atoms with Crippen LogP contribution in [-0.4, -0.2) is 26.7 Å². The van der Waals surface area contributed by atoms with Crippen molar-refractivity contribution < 1.29 is 17.9 Å². The van der Waals surface area contributed by atoms with Crippen LogP contribution in [0, 0.1) is 0 Å². The normalized spacial score (nSPS) is 27.2. The fraction of sp³-hybridized carbons (Fsp3) is 0.538. The molecule has 0 amide bonds. The molecular weight excluding hydrogens is 280 g/mol. The van der Waals surface area contributed by atoms with E-state index in [9.17, 15) is 8.42 Å². The van der Waals surface area contributed by atoms with Crippen LogP contribution in [0.2, 0.25) is 0 Å². The largest absolute Gasteiger partial charge is 0.488 e. The lowest BCUT2D eigenvalue weighted by Crippen LogP contribution is -2.35. The Morgan fingerprint density at radius 2 is 1.85 bits per heavy atom. The molecule has 0 aliphatic carbocycles. The third-order valence-corrected chi connectivity index (χ3v) is 4.25. The summed E-state index contributed by atoms with van der Waals surface area (Å²) < 4.78 is 34.3. The van der Waals surface area contributed by atoms with E-state index in [0.29, 0.717) is 5.75 Å². The van der Waals surface area contributed by atoms with E-state index >= 15 is 0 Å². The molecule has 1 aliphatic heterocycles. The molecule has 0 bridgehead atoms. The van der Waals surface area contributed by atoms with Crippen LogP contribution < -0.4 is 15.6 Å². The smallest absolute Gasteiger partial charge is 0.240 e. The monoisotopic (exact) mass is 300 g/mol. The van der Waals surface area contributed by atoms with E-state index in [1.54, 1.807) is 12.1 Å². The average molecular weight is 300 g/mol. The molecule has 0 saturated carbocycles. The van der Waals surface area contributed by atoms with Crippen molar-refractivity contribution in [3.63, 3.8) is 0 Å². The van der Waals surface area contributed by atoms with E-state index in [1.165, 1.54) is 6.07 Å². The van der Waals surface area contributed by atoms with Crippen LogP contribution in [0.1, 0.15) is 26.7 Å². The minimum atomic E-state index is -3.85. The summed E-state index contributed by atoms with van der Waals surface area (Å²) in [5, 5.41) is 5.12. The third kappa shape index (κ3) is 3.41. The summed E-state index contributed by atoms with van der Waals surface area (Å²) in [6.07, 6.45) is 1.64. The molecule has 1 aromatic rings. The van der Waals surface area contributed by atoms with Gasteiger partial charge in [0.05, 0.1) is 17.9 Å². The molecule has 7 heteroatoms. The number of hydrogen-bond acceptors (Lipinski definition) is 5. The molecule has 2 unspecified atom stereocenters. The first kappa shape index (κ1) is 15.1. The van der Waals surface area contributed by atoms with Gasteiger partial charge in [-0.15, -0.1) is 0 Å². The second-order valence-electron chi connectivity index (χ2n) is 5.18. The summed E-state index contributed by atoms with van der Waals surface area (Å²) >= 11 is 0. The predicted octanol–water partition coefficient (Wildman–Crippen LogP) is 1.25. The minimum Gasteiger partial charge on any atom is -0.488 e. The highest BCUT2D eigenvalue weighted by atomic mass is 32.2. The number of primary sulfonamides is 1. The fourth-order valence-electron chi connectivity index (χ4n) is 2.49. The first-order valence-electron chi connectivity index (χ1n) is 6.50. The topological polar surface area (TPSA) is 105 Å². The van der Waals surface area contributed by atoms with E-state index < -0.39 is 10.0 Å². The van der Waals surface area contributed by atoms with Crippen molar-refractivity contribution in [2.24, 2.45) is 5.14 Å². The Labute approximate surface area is 119 Å². The number of para-hydroxylation sites is 1. The van der Waals surface area contributed by atoms with Gasteiger partial charge in [-0.25, -0.2) is 13.6 Å². The molecule has 4 N–H and O–H groups in total. The van der Waals surface area contributed by atoms with E-state index in [-0.39, 0.29) is 28.9 Å². The standard InChI is InChI=1S/C13H20N2O4S/c1-8-6-10(7-9(2)18-8)19-11-4-3-5-12(13(11)14)20(15,16)17/h3-5,8-10H,6-7,14H2,1-2H3,(H2,15,16,17). The Balaban J connectivity index is 2.22. The Kier molecular flexibility index (Phi) is 4.22. The number of hydrogen-bond donors (Lipinski definition) is 2. The van der Waals surface area contributed by atoms with Crippen molar-refractivity contribution in [2.45, 2.75) is 49.9 Å². The van der Waals surface area contributed by atoms with E-state index in [4.69, 9.17) is 20.3 Å². The second kappa shape index (κ2) is 5.59. The van der Waals surface area contributed by atoms with Crippen LogP contribution in [-0.2, 0) is 14.8 Å². The quantitative estimate of drug-likeness (QED) is 0.817. The summed E-state index contributed by atoms with van der Waals surface area (Å²) in [5.41, 5.74) is 5.90. The van der Waals surface area contributed by atoms with Gasteiger partial charge >= 0.3 is 0 Å². The number of anilines is 1. The average Bonchev–Trinajstić information content (AvgIpc) is 2.29. The van der Waals surface area contributed by atoms with Crippen LogP contribution in [0.15, 0.2) is 23.1 Å².